The van der Waals surface area contributed by atoms with Gasteiger partial charge in [0.2, 0.25) is 0 Å². The van der Waals surface area contributed by atoms with E-state index < -0.39 is 10.0 Å². The number of nitrogens with one attached hydrogen (secondary N) is 1. The van der Waals surface area contributed by atoms with Gasteiger partial charge in [-0.15, -0.1) is 0 Å². The number of piperidine rings is 1. The Balaban J connectivity index is 1.98. The van der Waals surface area contributed by atoms with Gasteiger partial charge in [-0.2, -0.15) is 4.31 Å². The van der Waals surface area contributed by atoms with Gasteiger partial charge in [0.1, 0.15) is 0 Å². The lowest BCUT2D eigenvalue weighted by molar-refractivity contribution is 0.0209. The van der Waals surface area contributed by atoms with E-state index in [2.05, 4.69) is 4.98 Å². The zero-order valence-corrected chi connectivity index (χ0v) is 13.6. The van der Waals surface area contributed by atoms with Crippen LogP contribution in [0.1, 0.15) is 25.0 Å². The quantitative estimate of drug-likeness (QED) is 0.726. The number of hydrogen-bond donors (Lipinski definition) is 2. The fourth-order valence-electron chi connectivity index (χ4n) is 2.33. The third-order valence-electron chi connectivity index (χ3n) is 3.46. The average Bonchev–Trinajstić information content (AvgIpc) is 2.79. The molecule has 2 heterocycles. The van der Waals surface area contributed by atoms with Gasteiger partial charge in [0.15, 0.2) is 4.21 Å². The molecule has 7 nitrogen and oxygen atoms in total. The SMILES string of the molecule is Cc1[nH]c(=O)sc1S(=O)(=O)N1CCC(OCCCN)CC1. The van der Waals surface area contributed by atoms with E-state index in [1.165, 1.54) is 4.31 Å². The molecule has 0 amide bonds. The van der Waals surface area contributed by atoms with Crippen LogP contribution in [0.3, 0.4) is 0 Å². The summed E-state index contributed by atoms with van der Waals surface area (Å²) in [6.07, 6.45) is 2.24. The van der Waals surface area contributed by atoms with Crippen LogP contribution in [0.2, 0.25) is 0 Å². The first-order valence-electron chi connectivity index (χ1n) is 6.96. The van der Waals surface area contributed by atoms with Gasteiger partial charge < -0.3 is 15.5 Å². The number of aromatic nitrogens is 1. The highest BCUT2D eigenvalue weighted by Crippen LogP contribution is 2.25. The smallest absolute Gasteiger partial charge is 0.305 e. The topological polar surface area (TPSA) is 105 Å². The summed E-state index contributed by atoms with van der Waals surface area (Å²) < 4.78 is 32.2. The number of rotatable bonds is 6. The van der Waals surface area contributed by atoms with Gasteiger partial charge in [-0.25, -0.2) is 8.42 Å². The number of ether oxygens (including phenoxy) is 1. The second-order valence-electron chi connectivity index (χ2n) is 5.04. The lowest BCUT2D eigenvalue weighted by atomic mass is 10.1. The summed E-state index contributed by atoms with van der Waals surface area (Å²) in [5.41, 5.74) is 5.82. The number of nitrogens with two attached hydrogens (primary N) is 1. The molecule has 1 fully saturated rings. The second kappa shape index (κ2) is 7.01. The lowest BCUT2D eigenvalue weighted by Gasteiger charge is -2.30. The molecule has 0 bridgehead atoms. The Kier molecular flexibility index (Phi) is 5.55. The van der Waals surface area contributed by atoms with Gasteiger partial charge in [-0.05, 0) is 32.7 Å². The van der Waals surface area contributed by atoms with Crippen molar-refractivity contribution in [1.82, 2.24) is 9.29 Å². The van der Waals surface area contributed by atoms with Gasteiger partial charge in [0.05, 0.1) is 6.10 Å². The minimum absolute atomic E-state index is 0.0917. The highest BCUT2D eigenvalue weighted by atomic mass is 32.2. The summed E-state index contributed by atoms with van der Waals surface area (Å²) in [6.45, 7) is 3.65. The molecule has 3 N–H and O–H groups in total. The van der Waals surface area contributed by atoms with Crippen molar-refractivity contribution in [3.05, 3.63) is 15.4 Å². The molecule has 1 aliphatic rings. The fourth-order valence-corrected chi connectivity index (χ4v) is 5.23. The summed E-state index contributed by atoms with van der Waals surface area (Å²) >= 11 is 0.747. The first kappa shape index (κ1) is 16.6. The van der Waals surface area contributed by atoms with Crippen LogP contribution < -0.4 is 10.6 Å². The molecule has 0 spiro atoms. The minimum atomic E-state index is -3.58. The molecule has 1 saturated heterocycles. The van der Waals surface area contributed by atoms with Gasteiger partial charge in [0, 0.05) is 25.4 Å². The van der Waals surface area contributed by atoms with Crippen molar-refractivity contribution in [2.24, 2.45) is 5.73 Å². The number of aryl methyl sites for hydroxylation is 1. The molecule has 0 radical (unpaired) electrons. The van der Waals surface area contributed by atoms with Crippen molar-refractivity contribution in [3.63, 3.8) is 0 Å². The molecule has 21 heavy (non-hydrogen) atoms. The molecule has 1 aromatic rings. The van der Waals surface area contributed by atoms with Crippen molar-refractivity contribution in [2.75, 3.05) is 26.2 Å². The van der Waals surface area contributed by atoms with Gasteiger partial charge in [-0.3, -0.25) is 4.79 Å². The lowest BCUT2D eigenvalue weighted by Crippen LogP contribution is -2.40. The molecule has 1 aromatic heterocycles. The van der Waals surface area contributed by atoms with Crippen molar-refractivity contribution in [3.8, 4) is 0 Å². The molecule has 2 rings (SSSR count). The Morgan fingerprint density at radius 1 is 1.43 bits per heavy atom. The van der Waals surface area contributed by atoms with Crippen molar-refractivity contribution in [2.45, 2.75) is 36.5 Å². The van der Waals surface area contributed by atoms with Crippen LogP contribution in [0.5, 0.6) is 0 Å². The van der Waals surface area contributed by atoms with Crippen LogP contribution in [-0.4, -0.2) is 50.1 Å². The van der Waals surface area contributed by atoms with Crippen LogP contribution in [0.25, 0.3) is 0 Å². The van der Waals surface area contributed by atoms with Crippen LogP contribution in [0, 0.1) is 6.92 Å². The average molecular weight is 335 g/mol. The summed E-state index contributed by atoms with van der Waals surface area (Å²) in [6, 6.07) is 0. The van der Waals surface area contributed by atoms with Gasteiger partial charge in [0.25, 0.3) is 10.0 Å². The van der Waals surface area contributed by atoms with Crippen LogP contribution in [-0.2, 0) is 14.8 Å². The number of aromatic amines is 1. The molecular weight excluding hydrogens is 314 g/mol. The molecule has 0 saturated carbocycles. The normalized spacial score (nSPS) is 18.2. The Morgan fingerprint density at radius 3 is 2.62 bits per heavy atom. The maximum Gasteiger partial charge on any atom is 0.305 e. The van der Waals surface area contributed by atoms with E-state index in [1.54, 1.807) is 6.92 Å². The van der Waals surface area contributed by atoms with E-state index in [4.69, 9.17) is 10.5 Å². The van der Waals surface area contributed by atoms with E-state index in [-0.39, 0.29) is 15.2 Å². The second-order valence-corrected chi connectivity index (χ2v) is 8.16. The number of nitrogens with zero attached hydrogens (tertiary/aromatic N) is 1. The molecule has 0 unspecified atom stereocenters. The zero-order valence-electron chi connectivity index (χ0n) is 12.0. The van der Waals surface area contributed by atoms with E-state index in [1.807, 2.05) is 0 Å². The highest BCUT2D eigenvalue weighted by Gasteiger charge is 2.32. The summed E-state index contributed by atoms with van der Waals surface area (Å²) in [7, 11) is -3.58. The minimum Gasteiger partial charge on any atom is -0.378 e. The van der Waals surface area contributed by atoms with Crippen LogP contribution in [0.4, 0.5) is 0 Å². The zero-order chi connectivity index (χ0) is 15.5. The van der Waals surface area contributed by atoms with Gasteiger partial charge >= 0.3 is 4.87 Å². The predicted molar refractivity (Wildman–Crippen MR) is 81.1 cm³/mol. The first-order chi connectivity index (χ1) is 9.95. The molecule has 120 valence electrons. The third-order valence-corrected chi connectivity index (χ3v) is 6.94. The van der Waals surface area contributed by atoms with E-state index >= 15 is 0 Å². The first-order valence-corrected chi connectivity index (χ1v) is 9.22. The van der Waals surface area contributed by atoms with Crippen LogP contribution in [0.15, 0.2) is 9.00 Å². The maximum absolute atomic E-state index is 12.5. The van der Waals surface area contributed by atoms with Crippen molar-refractivity contribution < 1.29 is 13.2 Å². The van der Waals surface area contributed by atoms with E-state index in [9.17, 15) is 13.2 Å². The Morgan fingerprint density at radius 2 is 2.10 bits per heavy atom. The summed E-state index contributed by atoms with van der Waals surface area (Å²) in [4.78, 5) is 13.5. The number of hydrogen-bond acceptors (Lipinski definition) is 6. The number of thiazole rings is 1. The number of H-pyrrole nitrogens is 1. The van der Waals surface area contributed by atoms with Crippen molar-refractivity contribution in [1.29, 1.82) is 0 Å². The molecular formula is C12H21N3O4S2. The fraction of sp³-hybridized carbons (Fsp3) is 0.750. The van der Waals surface area contributed by atoms with E-state index in [0.717, 1.165) is 17.8 Å². The Bertz CT molecular complexity index is 615. The van der Waals surface area contributed by atoms with E-state index in [0.29, 0.717) is 44.8 Å². The standard InChI is InChI=1S/C12H21N3O4S2/c1-9-11(20-12(16)14-9)21(17,18)15-6-3-10(4-7-15)19-8-2-5-13/h10H,2-8,13H2,1H3,(H,14,16). The molecule has 0 aliphatic carbocycles. The summed E-state index contributed by atoms with van der Waals surface area (Å²) in [5, 5.41) is 0. The number of sulfonamides is 1. The summed E-state index contributed by atoms with van der Waals surface area (Å²) in [5.74, 6) is 0. The monoisotopic (exact) mass is 335 g/mol. The Labute approximate surface area is 128 Å². The predicted octanol–water partition coefficient (Wildman–Crippen LogP) is 0.263. The van der Waals surface area contributed by atoms with Crippen LogP contribution >= 0.6 is 11.3 Å². The largest absolute Gasteiger partial charge is 0.378 e. The molecule has 0 aromatic carbocycles. The van der Waals surface area contributed by atoms with Gasteiger partial charge in [-0.1, -0.05) is 11.3 Å². The Hall–Kier alpha value is -0.740. The molecule has 9 heteroatoms. The third kappa shape index (κ3) is 3.92. The maximum atomic E-state index is 12.5. The molecule has 0 atom stereocenters. The highest BCUT2D eigenvalue weighted by molar-refractivity contribution is 7.91. The van der Waals surface area contributed by atoms with Crippen molar-refractivity contribution >= 4 is 21.4 Å². The molecule has 1 aliphatic heterocycles.